The predicted molar refractivity (Wildman–Crippen MR) is 72.1 cm³/mol. The zero-order valence-corrected chi connectivity index (χ0v) is 11.2. The molecule has 0 saturated heterocycles. The van der Waals surface area contributed by atoms with Crippen molar-refractivity contribution in [3.63, 3.8) is 0 Å². The average Bonchev–Trinajstić information content (AvgIpc) is 2.39. The molecule has 21 heavy (non-hydrogen) atoms. The van der Waals surface area contributed by atoms with Gasteiger partial charge in [0.2, 0.25) is 0 Å². The number of alkyl halides is 3. The first kappa shape index (κ1) is 13.9. The van der Waals surface area contributed by atoms with Crippen LogP contribution in [-0.4, -0.2) is 11.3 Å². The summed E-state index contributed by atoms with van der Waals surface area (Å²) in [4.78, 5) is 4.32. The molecule has 0 bridgehead atoms. The van der Waals surface area contributed by atoms with E-state index in [9.17, 15) is 13.2 Å². The van der Waals surface area contributed by atoms with E-state index in [-0.39, 0.29) is 17.6 Å². The van der Waals surface area contributed by atoms with Crippen LogP contribution in [0.4, 0.5) is 13.2 Å². The third kappa shape index (κ3) is 3.01. The number of benzene rings is 1. The number of para-hydroxylation sites is 1. The largest absolute Gasteiger partial charge is 0.573 e. The molecule has 3 rings (SSSR count). The van der Waals surface area contributed by atoms with Crippen molar-refractivity contribution in [2.45, 2.75) is 31.0 Å². The van der Waals surface area contributed by atoms with Crippen molar-refractivity contribution in [2.24, 2.45) is 0 Å². The zero-order valence-electron chi connectivity index (χ0n) is 11.2. The van der Waals surface area contributed by atoms with Gasteiger partial charge in [0.25, 0.3) is 0 Å². The molecule has 0 spiro atoms. The first-order valence-electron chi connectivity index (χ1n) is 6.80. The molecule has 0 N–H and O–H groups in total. The van der Waals surface area contributed by atoms with Gasteiger partial charge in [0.05, 0.1) is 0 Å². The summed E-state index contributed by atoms with van der Waals surface area (Å²) in [5.74, 6) is 0.0817. The maximum atomic E-state index is 12.5. The fourth-order valence-electron chi connectivity index (χ4n) is 2.83. The van der Waals surface area contributed by atoms with E-state index in [1.807, 2.05) is 18.2 Å². The normalized spacial score (nSPS) is 21.7. The molecule has 1 saturated carbocycles. The van der Waals surface area contributed by atoms with Crippen LogP contribution in [0.25, 0.3) is 0 Å². The van der Waals surface area contributed by atoms with Crippen molar-refractivity contribution in [1.82, 2.24) is 4.98 Å². The van der Waals surface area contributed by atoms with E-state index in [1.165, 1.54) is 6.07 Å². The van der Waals surface area contributed by atoms with Crippen molar-refractivity contribution in [2.75, 3.05) is 0 Å². The second kappa shape index (κ2) is 5.39. The highest BCUT2D eigenvalue weighted by atomic mass is 19.4. The number of hydrogen-bond donors (Lipinski definition) is 0. The van der Waals surface area contributed by atoms with Crippen LogP contribution < -0.4 is 4.74 Å². The zero-order chi connectivity index (χ0) is 14.9. The van der Waals surface area contributed by atoms with Crippen molar-refractivity contribution >= 4 is 0 Å². The Morgan fingerprint density at radius 1 is 0.952 bits per heavy atom. The molecular formula is C16H14F3NO. The summed E-state index contributed by atoms with van der Waals surface area (Å²) in [6.45, 7) is 0. The molecule has 2 nitrogen and oxygen atoms in total. The molecular weight excluding hydrogens is 279 g/mol. The van der Waals surface area contributed by atoms with Gasteiger partial charge in [-0.1, -0.05) is 24.3 Å². The Labute approximate surface area is 120 Å². The molecule has 1 aliphatic carbocycles. The van der Waals surface area contributed by atoms with Crippen LogP contribution >= 0.6 is 0 Å². The van der Waals surface area contributed by atoms with Crippen molar-refractivity contribution in [3.05, 3.63) is 59.9 Å². The lowest BCUT2D eigenvalue weighted by Gasteiger charge is -2.37. The molecule has 5 heteroatoms. The van der Waals surface area contributed by atoms with Gasteiger partial charge in [-0.15, -0.1) is 13.2 Å². The topological polar surface area (TPSA) is 22.1 Å². The van der Waals surface area contributed by atoms with Crippen LogP contribution in [0.15, 0.2) is 48.7 Å². The van der Waals surface area contributed by atoms with E-state index < -0.39 is 6.36 Å². The number of halogens is 3. The third-order valence-electron chi connectivity index (χ3n) is 3.89. The molecule has 2 aromatic rings. The van der Waals surface area contributed by atoms with Crippen LogP contribution in [0.3, 0.4) is 0 Å². The minimum absolute atomic E-state index is 0.0263. The van der Waals surface area contributed by atoms with Crippen LogP contribution in [0.5, 0.6) is 5.75 Å². The molecule has 1 fully saturated rings. The summed E-state index contributed by atoms with van der Waals surface area (Å²) in [5.41, 5.74) is 1.53. The second-order valence-electron chi connectivity index (χ2n) is 5.13. The Morgan fingerprint density at radius 2 is 1.67 bits per heavy atom. The highest BCUT2D eigenvalue weighted by molar-refractivity contribution is 5.40. The molecule has 1 aromatic heterocycles. The number of pyridine rings is 1. The van der Waals surface area contributed by atoms with E-state index in [0.29, 0.717) is 5.56 Å². The van der Waals surface area contributed by atoms with Gasteiger partial charge in [-0.2, -0.15) is 0 Å². The van der Waals surface area contributed by atoms with Gasteiger partial charge in [-0.3, -0.25) is 4.98 Å². The second-order valence-corrected chi connectivity index (χ2v) is 5.13. The molecule has 0 radical (unpaired) electrons. The lowest BCUT2D eigenvalue weighted by molar-refractivity contribution is -0.275. The Morgan fingerprint density at radius 3 is 2.29 bits per heavy atom. The lowest BCUT2D eigenvalue weighted by atomic mass is 9.68. The van der Waals surface area contributed by atoms with E-state index in [2.05, 4.69) is 9.72 Å². The Hall–Kier alpha value is -2.04. The van der Waals surface area contributed by atoms with Crippen molar-refractivity contribution < 1.29 is 17.9 Å². The Balaban J connectivity index is 1.87. The smallest absolute Gasteiger partial charge is 0.405 e. The van der Waals surface area contributed by atoms with E-state index in [1.54, 1.807) is 24.4 Å². The van der Waals surface area contributed by atoms with Gasteiger partial charge in [0.15, 0.2) is 0 Å². The quantitative estimate of drug-likeness (QED) is 0.822. The molecule has 110 valence electrons. The molecule has 2 unspecified atom stereocenters. The van der Waals surface area contributed by atoms with Gasteiger partial charge >= 0.3 is 6.36 Å². The van der Waals surface area contributed by atoms with Crippen molar-refractivity contribution in [1.29, 1.82) is 0 Å². The predicted octanol–water partition coefficient (Wildman–Crippen LogP) is 4.64. The number of ether oxygens (including phenoxy) is 1. The van der Waals surface area contributed by atoms with Crippen LogP contribution in [0.2, 0.25) is 0 Å². The Bertz CT molecular complexity index is 612. The number of hydrogen-bond acceptors (Lipinski definition) is 2. The van der Waals surface area contributed by atoms with Gasteiger partial charge in [-0.05, 0) is 42.5 Å². The van der Waals surface area contributed by atoms with Crippen LogP contribution in [0.1, 0.15) is 35.9 Å². The standard InChI is InChI=1S/C16H14F3NO/c17-16(18,19)21-15-7-2-1-5-13(15)11-8-9-12(11)14-6-3-4-10-20-14/h1-7,10-12H,8-9H2. The first-order chi connectivity index (χ1) is 10.0. The van der Waals surface area contributed by atoms with Gasteiger partial charge in [-0.25, -0.2) is 0 Å². The minimum atomic E-state index is -4.67. The fraction of sp³-hybridized carbons (Fsp3) is 0.312. The number of aromatic nitrogens is 1. The molecule has 1 aliphatic rings. The SMILES string of the molecule is FC(F)(F)Oc1ccccc1C1CCC1c1ccccn1. The van der Waals surface area contributed by atoms with E-state index in [4.69, 9.17) is 0 Å². The molecule has 0 amide bonds. The monoisotopic (exact) mass is 293 g/mol. The van der Waals surface area contributed by atoms with Gasteiger partial charge in [0.1, 0.15) is 5.75 Å². The fourth-order valence-corrected chi connectivity index (χ4v) is 2.83. The maximum Gasteiger partial charge on any atom is 0.573 e. The van der Waals surface area contributed by atoms with Crippen LogP contribution in [-0.2, 0) is 0 Å². The summed E-state index contributed by atoms with van der Waals surface area (Å²) in [6, 6.07) is 12.0. The molecule has 1 aromatic carbocycles. The Kier molecular flexibility index (Phi) is 3.57. The summed E-state index contributed by atoms with van der Waals surface area (Å²) in [5, 5.41) is 0. The third-order valence-corrected chi connectivity index (χ3v) is 3.89. The highest BCUT2D eigenvalue weighted by Crippen LogP contribution is 2.51. The summed E-state index contributed by atoms with van der Waals surface area (Å²) in [6.07, 6.45) is -1.18. The highest BCUT2D eigenvalue weighted by Gasteiger charge is 2.38. The summed E-state index contributed by atoms with van der Waals surface area (Å²) < 4.78 is 41.6. The van der Waals surface area contributed by atoms with E-state index >= 15 is 0 Å². The lowest BCUT2D eigenvalue weighted by Crippen LogP contribution is -2.25. The molecule has 1 heterocycles. The van der Waals surface area contributed by atoms with Gasteiger partial charge < -0.3 is 4.74 Å². The molecule has 2 atom stereocenters. The van der Waals surface area contributed by atoms with Crippen LogP contribution in [0, 0.1) is 0 Å². The van der Waals surface area contributed by atoms with Gasteiger partial charge in [0, 0.05) is 17.8 Å². The average molecular weight is 293 g/mol. The number of rotatable bonds is 3. The molecule has 0 aliphatic heterocycles. The summed E-state index contributed by atoms with van der Waals surface area (Å²) in [7, 11) is 0. The van der Waals surface area contributed by atoms with E-state index in [0.717, 1.165) is 18.5 Å². The first-order valence-corrected chi connectivity index (χ1v) is 6.80. The minimum Gasteiger partial charge on any atom is -0.405 e. The van der Waals surface area contributed by atoms with Crippen molar-refractivity contribution in [3.8, 4) is 5.75 Å². The number of nitrogens with zero attached hydrogens (tertiary/aromatic N) is 1. The summed E-state index contributed by atoms with van der Waals surface area (Å²) >= 11 is 0. The maximum absolute atomic E-state index is 12.5.